The number of nitrogens with zero attached hydrogens (tertiary/aromatic N) is 4. The highest BCUT2D eigenvalue weighted by atomic mass is 16.2. The molecule has 1 amide bonds. The van der Waals surface area contributed by atoms with Crippen LogP contribution in [0, 0.1) is 11.3 Å². The molecule has 1 unspecified atom stereocenters. The second-order valence-corrected chi connectivity index (χ2v) is 4.94. The summed E-state index contributed by atoms with van der Waals surface area (Å²) in [5.74, 6) is 1.03. The van der Waals surface area contributed by atoms with Gasteiger partial charge in [-0.3, -0.25) is 4.79 Å². The number of amides is 1. The van der Waals surface area contributed by atoms with Crippen LogP contribution in [0.4, 0.5) is 11.5 Å². The predicted molar refractivity (Wildman–Crippen MR) is 70.3 cm³/mol. The van der Waals surface area contributed by atoms with Crippen molar-refractivity contribution >= 4 is 17.4 Å². The van der Waals surface area contributed by atoms with E-state index in [-0.39, 0.29) is 17.6 Å². The van der Waals surface area contributed by atoms with Crippen molar-refractivity contribution in [2.24, 2.45) is 0 Å². The molecule has 19 heavy (non-hydrogen) atoms. The molecule has 1 atom stereocenters. The minimum absolute atomic E-state index is 0.257. The van der Waals surface area contributed by atoms with Gasteiger partial charge in [-0.15, -0.1) is 0 Å². The van der Waals surface area contributed by atoms with Crippen molar-refractivity contribution in [3.63, 3.8) is 0 Å². The number of aromatic nitrogens is 1. The van der Waals surface area contributed by atoms with Gasteiger partial charge in [0.1, 0.15) is 11.9 Å². The van der Waals surface area contributed by atoms with E-state index in [0.29, 0.717) is 12.1 Å². The zero-order valence-electron chi connectivity index (χ0n) is 10.5. The van der Waals surface area contributed by atoms with Crippen LogP contribution >= 0.6 is 0 Å². The largest absolute Gasteiger partial charge is 0.396 e. The molecule has 2 saturated heterocycles. The smallest absolute Gasteiger partial charge is 0.223 e. The molecule has 0 aromatic carbocycles. The van der Waals surface area contributed by atoms with Crippen molar-refractivity contribution < 1.29 is 4.79 Å². The van der Waals surface area contributed by atoms with Crippen molar-refractivity contribution in [3.8, 4) is 6.07 Å². The van der Waals surface area contributed by atoms with Crippen LogP contribution in [-0.4, -0.2) is 41.5 Å². The monoisotopic (exact) mass is 257 g/mol. The van der Waals surface area contributed by atoms with E-state index in [9.17, 15) is 4.79 Å². The molecular weight excluding hydrogens is 242 g/mol. The number of fused-ring (bicyclic) bond motifs is 1. The topological polar surface area (TPSA) is 86.2 Å². The number of carbonyl (C=O) groups excluding carboxylic acids is 1. The number of anilines is 2. The molecule has 0 spiro atoms. The average molecular weight is 257 g/mol. The van der Waals surface area contributed by atoms with E-state index in [2.05, 4.69) is 9.88 Å². The van der Waals surface area contributed by atoms with Gasteiger partial charge in [-0.1, -0.05) is 0 Å². The zero-order valence-corrected chi connectivity index (χ0v) is 10.5. The standard InChI is InChI=1S/C13H15N5O/c14-7-11-10(15)2-3-12(16-11)17-5-6-18-9(8-17)1-4-13(18)19/h2-3,9H,1,4-6,8,15H2. The third-order valence-electron chi connectivity index (χ3n) is 3.84. The Morgan fingerprint density at radius 2 is 2.26 bits per heavy atom. The first-order valence-corrected chi connectivity index (χ1v) is 6.40. The van der Waals surface area contributed by atoms with Gasteiger partial charge in [0.2, 0.25) is 5.91 Å². The number of rotatable bonds is 1. The predicted octanol–water partition coefficient (Wildman–Crippen LogP) is 0.346. The SMILES string of the molecule is N#Cc1nc(N2CCN3C(=O)CCC3C2)ccc1N. The lowest BCUT2D eigenvalue weighted by atomic mass is 10.1. The Morgan fingerprint density at radius 3 is 3.05 bits per heavy atom. The minimum Gasteiger partial charge on any atom is -0.396 e. The van der Waals surface area contributed by atoms with Gasteiger partial charge in [0.05, 0.1) is 5.69 Å². The van der Waals surface area contributed by atoms with Crippen LogP contribution in [0.25, 0.3) is 0 Å². The van der Waals surface area contributed by atoms with Crippen LogP contribution in [0.1, 0.15) is 18.5 Å². The molecular formula is C13H15N5O. The number of pyridine rings is 1. The summed E-state index contributed by atoms with van der Waals surface area (Å²) in [6.07, 6.45) is 1.56. The number of carbonyl (C=O) groups is 1. The van der Waals surface area contributed by atoms with E-state index in [1.54, 1.807) is 6.07 Å². The third-order valence-corrected chi connectivity index (χ3v) is 3.84. The number of piperazine rings is 1. The molecule has 6 nitrogen and oxygen atoms in total. The van der Waals surface area contributed by atoms with Crippen molar-refractivity contribution in [1.29, 1.82) is 5.26 Å². The Labute approximate surface area is 111 Å². The van der Waals surface area contributed by atoms with Crippen molar-refractivity contribution in [1.82, 2.24) is 9.88 Å². The second kappa shape index (κ2) is 4.43. The Balaban J connectivity index is 1.81. The molecule has 6 heteroatoms. The molecule has 1 aromatic rings. The van der Waals surface area contributed by atoms with Gasteiger partial charge in [-0.25, -0.2) is 4.98 Å². The molecule has 2 aliphatic heterocycles. The highest BCUT2D eigenvalue weighted by Crippen LogP contribution is 2.26. The average Bonchev–Trinajstić information content (AvgIpc) is 2.80. The normalized spacial score (nSPS) is 22.3. The maximum atomic E-state index is 11.6. The summed E-state index contributed by atoms with van der Waals surface area (Å²) in [6.45, 7) is 2.27. The maximum Gasteiger partial charge on any atom is 0.223 e. The number of nitrogen functional groups attached to an aromatic ring is 1. The summed E-state index contributed by atoms with van der Waals surface area (Å²) in [5.41, 5.74) is 6.35. The number of hydrogen-bond donors (Lipinski definition) is 1. The number of nitrogens with two attached hydrogens (primary N) is 1. The van der Waals surface area contributed by atoms with Crippen molar-refractivity contribution in [2.45, 2.75) is 18.9 Å². The van der Waals surface area contributed by atoms with E-state index in [4.69, 9.17) is 11.0 Å². The molecule has 2 N–H and O–H groups in total. The van der Waals surface area contributed by atoms with E-state index in [1.807, 2.05) is 17.0 Å². The van der Waals surface area contributed by atoms with Gasteiger partial charge >= 0.3 is 0 Å². The highest BCUT2D eigenvalue weighted by Gasteiger charge is 2.35. The van der Waals surface area contributed by atoms with E-state index < -0.39 is 0 Å². The summed E-state index contributed by atoms with van der Waals surface area (Å²) in [7, 11) is 0. The fourth-order valence-electron chi connectivity index (χ4n) is 2.80. The Hall–Kier alpha value is -2.29. The zero-order chi connectivity index (χ0) is 13.4. The number of nitriles is 1. The van der Waals surface area contributed by atoms with Crippen LogP contribution in [-0.2, 0) is 4.79 Å². The summed E-state index contributed by atoms with van der Waals surface area (Å²) in [5, 5.41) is 8.96. The lowest BCUT2D eigenvalue weighted by Gasteiger charge is -2.38. The molecule has 3 heterocycles. The molecule has 1 aromatic heterocycles. The van der Waals surface area contributed by atoms with Crippen molar-refractivity contribution in [2.75, 3.05) is 30.3 Å². The Morgan fingerprint density at radius 1 is 1.42 bits per heavy atom. The maximum absolute atomic E-state index is 11.6. The van der Waals surface area contributed by atoms with Gasteiger partial charge in [-0.05, 0) is 18.6 Å². The van der Waals surface area contributed by atoms with Gasteiger partial charge < -0.3 is 15.5 Å². The molecule has 0 aliphatic carbocycles. The molecule has 98 valence electrons. The van der Waals surface area contributed by atoms with Crippen LogP contribution in [0.2, 0.25) is 0 Å². The van der Waals surface area contributed by atoms with E-state index >= 15 is 0 Å². The lowest BCUT2D eigenvalue weighted by Crippen LogP contribution is -2.51. The summed E-state index contributed by atoms with van der Waals surface area (Å²) in [6, 6.07) is 5.84. The first-order valence-electron chi connectivity index (χ1n) is 6.40. The van der Waals surface area contributed by atoms with Crippen LogP contribution in [0.15, 0.2) is 12.1 Å². The fourth-order valence-corrected chi connectivity index (χ4v) is 2.80. The quantitative estimate of drug-likeness (QED) is 0.784. The van der Waals surface area contributed by atoms with Gasteiger partial charge in [0.25, 0.3) is 0 Å². The van der Waals surface area contributed by atoms with Gasteiger partial charge in [0.15, 0.2) is 5.69 Å². The summed E-state index contributed by atoms with van der Waals surface area (Å²) >= 11 is 0. The highest BCUT2D eigenvalue weighted by molar-refractivity contribution is 5.79. The minimum atomic E-state index is 0.257. The molecule has 0 bridgehead atoms. The Kier molecular flexibility index (Phi) is 2.75. The van der Waals surface area contributed by atoms with E-state index in [0.717, 1.165) is 31.9 Å². The van der Waals surface area contributed by atoms with Crippen LogP contribution in [0.5, 0.6) is 0 Å². The molecule has 0 radical (unpaired) electrons. The summed E-state index contributed by atoms with van der Waals surface area (Å²) < 4.78 is 0. The fraction of sp³-hybridized carbons (Fsp3) is 0.462. The second-order valence-electron chi connectivity index (χ2n) is 4.94. The number of hydrogen-bond acceptors (Lipinski definition) is 5. The first kappa shape index (κ1) is 11.8. The first-order chi connectivity index (χ1) is 9.19. The van der Waals surface area contributed by atoms with E-state index in [1.165, 1.54) is 0 Å². The van der Waals surface area contributed by atoms with Crippen LogP contribution in [0.3, 0.4) is 0 Å². The van der Waals surface area contributed by atoms with Crippen LogP contribution < -0.4 is 10.6 Å². The Bertz CT molecular complexity index is 565. The molecule has 2 aliphatic rings. The molecule has 2 fully saturated rings. The molecule has 0 saturated carbocycles. The third kappa shape index (κ3) is 1.97. The van der Waals surface area contributed by atoms with Crippen molar-refractivity contribution in [3.05, 3.63) is 17.8 Å². The lowest BCUT2D eigenvalue weighted by molar-refractivity contribution is -0.129. The molecule has 3 rings (SSSR count). The van der Waals surface area contributed by atoms with Gasteiger partial charge in [0, 0.05) is 32.1 Å². The summed E-state index contributed by atoms with van der Waals surface area (Å²) in [4.78, 5) is 20.0. The van der Waals surface area contributed by atoms with Gasteiger partial charge in [-0.2, -0.15) is 5.26 Å².